The number of rotatable bonds is 6. The Morgan fingerprint density at radius 1 is 1.17 bits per heavy atom. The largest absolute Gasteiger partial charge is 0.359 e. The van der Waals surface area contributed by atoms with Gasteiger partial charge in [0, 0.05) is 21.9 Å². The van der Waals surface area contributed by atoms with Crippen molar-refractivity contribution in [2.45, 2.75) is 32.1 Å². The molecule has 4 nitrogen and oxygen atoms in total. The second-order valence-corrected chi connectivity index (χ2v) is 8.77. The molecule has 0 aliphatic rings. The lowest BCUT2D eigenvalue weighted by atomic mass is 9.74. The molecule has 0 aliphatic carbocycles. The third kappa shape index (κ3) is 2.84. The molecule has 0 spiro atoms. The molecule has 0 amide bonds. The zero-order valence-corrected chi connectivity index (χ0v) is 15.7. The molecule has 24 heavy (non-hydrogen) atoms. The molecule has 0 saturated carbocycles. The number of benzene rings is 1. The van der Waals surface area contributed by atoms with Crippen LogP contribution in [-0.4, -0.2) is 19.7 Å². The highest BCUT2D eigenvalue weighted by atomic mass is 32.2. The maximum atomic E-state index is 11.6. The summed E-state index contributed by atoms with van der Waals surface area (Å²) in [6.45, 7) is 4.42. The van der Waals surface area contributed by atoms with Crippen LogP contribution in [-0.2, 0) is 15.4 Å². The van der Waals surface area contributed by atoms with Gasteiger partial charge in [0.05, 0.1) is 17.5 Å². The van der Waals surface area contributed by atoms with E-state index in [1.807, 2.05) is 12.3 Å². The Hall–Kier alpha value is -1.79. The minimum Gasteiger partial charge on any atom is -0.359 e. The van der Waals surface area contributed by atoms with Crippen molar-refractivity contribution in [1.29, 1.82) is 0 Å². The van der Waals surface area contributed by atoms with Crippen LogP contribution in [0.15, 0.2) is 41.9 Å². The van der Waals surface area contributed by atoms with Gasteiger partial charge in [-0.25, -0.2) is 8.42 Å². The molecule has 128 valence electrons. The third-order valence-corrected chi connectivity index (χ3v) is 6.39. The van der Waals surface area contributed by atoms with Crippen molar-refractivity contribution >= 4 is 38.0 Å². The van der Waals surface area contributed by atoms with Crippen LogP contribution in [0.3, 0.4) is 0 Å². The standard InChI is InChI=1S/C18H22N2O2S2/c1-4-18(5-2,16-10-7-11-23-16)14-12-19-17-13(14)8-6-9-15(17)20-24(3,21)22/h6-12,19-20H,4-5H2,1-3H3. The van der Waals surface area contributed by atoms with Gasteiger partial charge in [0.2, 0.25) is 10.0 Å². The SMILES string of the molecule is CCC(CC)(c1cccs1)c1c[nH]c2c(NS(C)(=O)=O)cccc12. The van der Waals surface area contributed by atoms with Gasteiger partial charge in [0.1, 0.15) is 0 Å². The second-order valence-electron chi connectivity index (χ2n) is 6.07. The number of para-hydroxylation sites is 1. The van der Waals surface area contributed by atoms with Crippen LogP contribution in [0.1, 0.15) is 37.1 Å². The second kappa shape index (κ2) is 6.26. The molecule has 3 rings (SSSR count). The molecular weight excluding hydrogens is 340 g/mol. The number of hydrogen-bond donors (Lipinski definition) is 2. The van der Waals surface area contributed by atoms with Crippen LogP contribution in [0.4, 0.5) is 5.69 Å². The summed E-state index contributed by atoms with van der Waals surface area (Å²) in [4.78, 5) is 4.64. The van der Waals surface area contributed by atoms with E-state index in [-0.39, 0.29) is 5.41 Å². The zero-order chi connectivity index (χ0) is 17.4. The van der Waals surface area contributed by atoms with Crippen molar-refractivity contribution in [2.24, 2.45) is 0 Å². The molecule has 0 fully saturated rings. The summed E-state index contributed by atoms with van der Waals surface area (Å²) in [6, 6.07) is 10.0. The Bertz CT molecular complexity index is 937. The Morgan fingerprint density at radius 2 is 1.92 bits per heavy atom. The highest BCUT2D eigenvalue weighted by molar-refractivity contribution is 7.92. The molecule has 1 aromatic carbocycles. The fourth-order valence-corrected chi connectivity index (χ4v) is 5.15. The molecule has 2 heterocycles. The Balaban J connectivity index is 2.22. The molecule has 0 atom stereocenters. The molecule has 2 N–H and O–H groups in total. The van der Waals surface area contributed by atoms with Crippen molar-refractivity contribution in [2.75, 3.05) is 11.0 Å². The normalized spacial score (nSPS) is 12.6. The van der Waals surface area contributed by atoms with Crippen LogP contribution < -0.4 is 4.72 Å². The Labute approximate surface area is 147 Å². The first-order valence-electron chi connectivity index (χ1n) is 8.03. The van der Waals surface area contributed by atoms with Gasteiger partial charge in [-0.3, -0.25) is 4.72 Å². The van der Waals surface area contributed by atoms with Crippen LogP contribution in [0.2, 0.25) is 0 Å². The van der Waals surface area contributed by atoms with Gasteiger partial charge in [-0.05, 0) is 35.9 Å². The summed E-state index contributed by atoms with van der Waals surface area (Å²) in [6.07, 6.45) is 5.18. The highest BCUT2D eigenvalue weighted by Gasteiger charge is 2.34. The van der Waals surface area contributed by atoms with Crippen LogP contribution in [0, 0.1) is 0 Å². The average Bonchev–Trinajstić information content (AvgIpc) is 3.19. The van der Waals surface area contributed by atoms with Gasteiger partial charge in [0.15, 0.2) is 0 Å². The van der Waals surface area contributed by atoms with Crippen molar-refractivity contribution in [3.63, 3.8) is 0 Å². The lowest BCUT2D eigenvalue weighted by Gasteiger charge is -2.31. The van der Waals surface area contributed by atoms with Crippen molar-refractivity contribution in [3.05, 3.63) is 52.3 Å². The molecule has 0 unspecified atom stereocenters. The van der Waals surface area contributed by atoms with Gasteiger partial charge < -0.3 is 4.98 Å². The van der Waals surface area contributed by atoms with Crippen molar-refractivity contribution in [1.82, 2.24) is 4.98 Å². The maximum absolute atomic E-state index is 11.6. The highest BCUT2D eigenvalue weighted by Crippen LogP contribution is 2.44. The van der Waals surface area contributed by atoms with E-state index in [2.05, 4.69) is 47.1 Å². The van der Waals surface area contributed by atoms with Gasteiger partial charge in [0.25, 0.3) is 0 Å². The number of aromatic nitrogens is 1. The predicted octanol–water partition coefficient (Wildman–Crippen LogP) is 4.71. The zero-order valence-electron chi connectivity index (χ0n) is 14.1. The summed E-state index contributed by atoms with van der Waals surface area (Å²) in [5.41, 5.74) is 2.59. The van der Waals surface area contributed by atoms with E-state index in [9.17, 15) is 8.42 Å². The van der Waals surface area contributed by atoms with E-state index in [0.29, 0.717) is 5.69 Å². The monoisotopic (exact) mass is 362 g/mol. The molecule has 0 bridgehead atoms. The van der Waals surface area contributed by atoms with E-state index >= 15 is 0 Å². The minimum atomic E-state index is -3.32. The van der Waals surface area contributed by atoms with Crippen molar-refractivity contribution < 1.29 is 8.42 Å². The van der Waals surface area contributed by atoms with E-state index in [1.165, 1.54) is 16.7 Å². The smallest absolute Gasteiger partial charge is 0.229 e. The number of fused-ring (bicyclic) bond motifs is 1. The summed E-state index contributed by atoms with van der Waals surface area (Å²) < 4.78 is 25.9. The topological polar surface area (TPSA) is 62.0 Å². The van der Waals surface area contributed by atoms with Crippen LogP contribution in [0.5, 0.6) is 0 Å². The number of nitrogens with one attached hydrogen (secondary N) is 2. The minimum absolute atomic E-state index is 0.0594. The molecule has 0 aliphatic heterocycles. The summed E-state index contributed by atoms with van der Waals surface area (Å²) >= 11 is 1.77. The van der Waals surface area contributed by atoms with Gasteiger partial charge in [-0.2, -0.15) is 0 Å². The molecule has 6 heteroatoms. The molecule has 0 radical (unpaired) electrons. The van der Waals surface area contributed by atoms with Crippen LogP contribution >= 0.6 is 11.3 Å². The summed E-state index contributed by atoms with van der Waals surface area (Å²) in [7, 11) is -3.32. The Morgan fingerprint density at radius 3 is 2.50 bits per heavy atom. The average molecular weight is 363 g/mol. The summed E-state index contributed by atoms with van der Waals surface area (Å²) in [5, 5.41) is 3.18. The number of aromatic amines is 1. The number of hydrogen-bond acceptors (Lipinski definition) is 3. The lowest BCUT2D eigenvalue weighted by Crippen LogP contribution is -2.24. The van der Waals surface area contributed by atoms with E-state index in [1.54, 1.807) is 17.4 Å². The van der Waals surface area contributed by atoms with E-state index in [0.717, 1.165) is 23.7 Å². The molecule has 0 saturated heterocycles. The first-order chi connectivity index (χ1) is 11.4. The third-order valence-electron chi connectivity index (χ3n) is 4.73. The number of sulfonamides is 1. The number of anilines is 1. The van der Waals surface area contributed by atoms with Gasteiger partial charge >= 0.3 is 0 Å². The van der Waals surface area contributed by atoms with Crippen LogP contribution in [0.25, 0.3) is 10.9 Å². The quantitative estimate of drug-likeness (QED) is 0.667. The van der Waals surface area contributed by atoms with Gasteiger partial charge in [-0.15, -0.1) is 11.3 Å². The first kappa shape index (κ1) is 17.0. The summed E-state index contributed by atoms with van der Waals surface area (Å²) in [5.74, 6) is 0. The molecular formula is C18H22N2O2S2. The predicted molar refractivity (Wildman–Crippen MR) is 102 cm³/mol. The maximum Gasteiger partial charge on any atom is 0.229 e. The van der Waals surface area contributed by atoms with Gasteiger partial charge in [-0.1, -0.05) is 32.0 Å². The molecule has 3 aromatic rings. The van der Waals surface area contributed by atoms with Crippen molar-refractivity contribution in [3.8, 4) is 0 Å². The fraction of sp³-hybridized carbons (Fsp3) is 0.333. The lowest BCUT2D eigenvalue weighted by molar-refractivity contribution is 0.491. The van der Waals surface area contributed by atoms with E-state index < -0.39 is 10.0 Å². The molecule has 2 aromatic heterocycles. The Kier molecular flexibility index (Phi) is 4.44. The first-order valence-corrected chi connectivity index (χ1v) is 10.8. The number of H-pyrrole nitrogens is 1. The fourth-order valence-electron chi connectivity index (χ4n) is 3.50. The van der Waals surface area contributed by atoms with E-state index in [4.69, 9.17) is 0 Å². The number of thiophene rings is 1.